The number of hydrogen-bond acceptors (Lipinski definition) is 4. The van der Waals surface area contributed by atoms with Crippen LogP contribution in [0.15, 0.2) is 48.5 Å². The first-order chi connectivity index (χ1) is 13.0. The molecule has 6 heteroatoms. The maximum absolute atomic E-state index is 12.1. The molecule has 2 amide bonds. The van der Waals surface area contributed by atoms with Crippen LogP contribution in [0.25, 0.3) is 0 Å². The molecule has 0 saturated heterocycles. The van der Waals surface area contributed by atoms with Crippen molar-refractivity contribution >= 4 is 23.3 Å². The smallest absolute Gasteiger partial charge is 0.251 e. The van der Waals surface area contributed by atoms with Crippen LogP contribution in [0, 0.1) is 0 Å². The van der Waals surface area contributed by atoms with E-state index in [0.29, 0.717) is 42.0 Å². The maximum atomic E-state index is 12.1. The van der Waals surface area contributed by atoms with Gasteiger partial charge in [0, 0.05) is 36.2 Å². The van der Waals surface area contributed by atoms with Gasteiger partial charge in [-0.3, -0.25) is 14.4 Å². The Morgan fingerprint density at radius 1 is 0.889 bits per heavy atom. The summed E-state index contributed by atoms with van der Waals surface area (Å²) in [5.41, 5.74) is 1.77. The molecule has 0 atom stereocenters. The summed E-state index contributed by atoms with van der Waals surface area (Å²) in [6.45, 7) is 2.42. The van der Waals surface area contributed by atoms with Crippen LogP contribution in [0.3, 0.4) is 0 Å². The molecule has 0 aromatic heterocycles. The lowest BCUT2D eigenvalue weighted by atomic mass is 10.1. The summed E-state index contributed by atoms with van der Waals surface area (Å²) in [6.07, 6.45) is 1.02. The molecule has 2 aromatic rings. The highest BCUT2D eigenvalue weighted by atomic mass is 16.5. The number of rotatable bonds is 9. The van der Waals surface area contributed by atoms with E-state index in [9.17, 15) is 14.4 Å². The first-order valence-corrected chi connectivity index (χ1v) is 8.89. The quantitative estimate of drug-likeness (QED) is 0.664. The van der Waals surface area contributed by atoms with Crippen molar-refractivity contribution in [3.63, 3.8) is 0 Å². The lowest BCUT2D eigenvalue weighted by molar-refractivity contribution is -0.116. The van der Waals surface area contributed by atoms with Gasteiger partial charge in [0.25, 0.3) is 5.91 Å². The van der Waals surface area contributed by atoms with Crippen molar-refractivity contribution in [1.82, 2.24) is 5.32 Å². The van der Waals surface area contributed by atoms with Gasteiger partial charge < -0.3 is 15.4 Å². The number of nitrogens with one attached hydrogen (secondary N) is 2. The van der Waals surface area contributed by atoms with Crippen molar-refractivity contribution in [2.75, 3.05) is 19.0 Å². The molecule has 27 heavy (non-hydrogen) atoms. The van der Waals surface area contributed by atoms with Crippen LogP contribution in [-0.2, 0) is 4.79 Å². The number of ketones is 1. The average molecular weight is 368 g/mol. The molecule has 2 rings (SSSR count). The Labute approximate surface area is 158 Å². The van der Waals surface area contributed by atoms with E-state index in [1.807, 2.05) is 6.92 Å². The highest BCUT2D eigenvalue weighted by molar-refractivity contribution is 5.97. The topological polar surface area (TPSA) is 84.5 Å². The number of amides is 2. The predicted molar refractivity (Wildman–Crippen MR) is 104 cm³/mol. The fourth-order valence-corrected chi connectivity index (χ4v) is 2.52. The zero-order valence-electron chi connectivity index (χ0n) is 15.6. The van der Waals surface area contributed by atoms with Crippen LogP contribution in [0.1, 0.15) is 46.9 Å². The van der Waals surface area contributed by atoms with Gasteiger partial charge in [0.05, 0.1) is 7.11 Å². The van der Waals surface area contributed by atoms with Gasteiger partial charge in [-0.25, -0.2) is 0 Å². The lowest BCUT2D eigenvalue weighted by Crippen LogP contribution is -2.22. The number of Topliss-reactive ketones (excluding diaryl/α,β-unsaturated/α-hetero) is 1. The van der Waals surface area contributed by atoms with E-state index in [-0.39, 0.29) is 24.0 Å². The Balaban J connectivity index is 1.77. The summed E-state index contributed by atoms with van der Waals surface area (Å²) < 4.78 is 5.06. The van der Waals surface area contributed by atoms with Crippen molar-refractivity contribution in [2.45, 2.75) is 26.2 Å². The minimum atomic E-state index is -0.164. The molecule has 142 valence electrons. The van der Waals surface area contributed by atoms with Gasteiger partial charge in [-0.2, -0.15) is 0 Å². The molecule has 0 aliphatic carbocycles. The molecule has 0 bridgehead atoms. The van der Waals surface area contributed by atoms with E-state index in [0.717, 1.165) is 0 Å². The second kappa shape index (κ2) is 10.1. The fraction of sp³-hybridized carbons (Fsp3) is 0.286. The zero-order chi connectivity index (χ0) is 19.6. The number of anilines is 1. The van der Waals surface area contributed by atoms with E-state index < -0.39 is 0 Å². The first-order valence-electron chi connectivity index (χ1n) is 8.89. The fourth-order valence-electron chi connectivity index (χ4n) is 2.52. The predicted octanol–water partition coefficient (Wildman–Crippen LogP) is 3.44. The number of carbonyl (C=O) groups is 3. The molecule has 0 saturated carbocycles. The van der Waals surface area contributed by atoms with Gasteiger partial charge in [0.2, 0.25) is 5.91 Å². The van der Waals surface area contributed by atoms with Gasteiger partial charge in [0.15, 0.2) is 5.78 Å². The minimum Gasteiger partial charge on any atom is -0.497 e. The number of ether oxygens (including phenoxy) is 1. The third-order valence-electron chi connectivity index (χ3n) is 3.99. The van der Waals surface area contributed by atoms with Gasteiger partial charge in [-0.1, -0.05) is 0 Å². The van der Waals surface area contributed by atoms with E-state index >= 15 is 0 Å². The molecule has 0 fully saturated rings. The van der Waals surface area contributed by atoms with Gasteiger partial charge in [-0.15, -0.1) is 0 Å². The summed E-state index contributed by atoms with van der Waals surface area (Å²) in [5.74, 6) is 0.386. The number of hydrogen-bond donors (Lipinski definition) is 2. The van der Waals surface area contributed by atoms with Crippen molar-refractivity contribution in [3.05, 3.63) is 59.7 Å². The largest absolute Gasteiger partial charge is 0.497 e. The SMILES string of the molecule is CCNC(=O)c1ccc(NC(=O)CCCC(=O)c2ccc(OC)cc2)cc1. The molecule has 0 aliphatic rings. The van der Waals surface area contributed by atoms with Gasteiger partial charge in [-0.05, 0) is 61.9 Å². The van der Waals surface area contributed by atoms with Crippen molar-refractivity contribution in [2.24, 2.45) is 0 Å². The molecule has 0 heterocycles. The molecule has 2 aromatic carbocycles. The van der Waals surface area contributed by atoms with Crippen LogP contribution in [0.5, 0.6) is 5.75 Å². The molecule has 2 N–H and O–H groups in total. The highest BCUT2D eigenvalue weighted by Crippen LogP contribution is 2.14. The monoisotopic (exact) mass is 368 g/mol. The Bertz CT molecular complexity index is 783. The average Bonchev–Trinajstić information content (AvgIpc) is 2.68. The minimum absolute atomic E-state index is 0.00302. The summed E-state index contributed by atoms with van der Waals surface area (Å²) in [5, 5.41) is 5.49. The normalized spacial score (nSPS) is 10.1. The second-order valence-corrected chi connectivity index (χ2v) is 5.99. The zero-order valence-corrected chi connectivity index (χ0v) is 15.6. The molecule has 0 aliphatic heterocycles. The highest BCUT2D eigenvalue weighted by Gasteiger charge is 2.09. The van der Waals surface area contributed by atoms with Crippen LogP contribution in [0.4, 0.5) is 5.69 Å². The number of carbonyl (C=O) groups excluding carboxylic acids is 3. The van der Waals surface area contributed by atoms with E-state index in [1.54, 1.807) is 55.6 Å². The standard InChI is InChI=1S/C21H24N2O4/c1-3-22-21(26)16-7-11-17(12-8-16)23-20(25)6-4-5-19(24)15-9-13-18(27-2)14-10-15/h7-14H,3-6H2,1-2H3,(H,22,26)(H,23,25). The molecular formula is C21H24N2O4. The lowest BCUT2D eigenvalue weighted by Gasteiger charge is -2.07. The summed E-state index contributed by atoms with van der Waals surface area (Å²) >= 11 is 0. The summed E-state index contributed by atoms with van der Waals surface area (Å²) in [7, 11) is 1.57. The molecule has 0 spiro atoms. The van der Waals surface area contributed by atoms with Crippen LogP contribution >= 0.6 is 0 Å². The number of methoxy groups -OCH3 is 1. The Kier molecular flexibility index (Phi) is 7.55. The van der Waals surface area contributed by atoms with Crippen molar-refractivity contribution < 1.29 is 19.1 Å². The van der Waals surface area contributed by atoms with E-state index in [4.69, 9.17) is 4.74 Å². The Morgan fingerprint density at radius 3 is 2.11 bits per heavy atom. The van der Waals surface area contributed by atoms with Gasteiger partial charge >= 0.3 is 0 Å². The van der Waals surface area contributed by atoms with E-state index in [1.165, 1.54) is 0 Å². The third kappa shape index (κ3) is 6.26. The summed E-state index contributed by atoms with van der Waals surface area (Å²) in [4.78, 5) is 35.8. The Hall–Kier alpha value is -3.15. The molecular weight excluding hydrogens is 344 g/mol. The summed E-state index contributed by atoms with van der Waals surface area (Å²) in [6, 6.07) is 13.6. The molecule has 6 nitrogen and oxygen atoms in total. The third-order valence-corrected chi connectivity index (χ3v) is 3.99. The van der Waals surface area contributed by atoms with E-state index in [2.05, 4.69) is 10.6 Å². The van der Waals surface area contributed by atoms with Crippen molar-refractivity contribution in [3.8, 4) is 5.75 Å². The Morgan fingerprint density at radius 2 is 1.52 bits per heavy atom. The van der Waals surface area contributed by atoms with Crippen LogP contribution < -0.4 is 15.4 Å². The first kappa shape index (κ1) is 20.2. The number of benzene rings is 2. The second-order valence-electron chi connectivity index (χ2n) is 5.99. The molecule has 0 unspecified atom stereocenters. The van der Waals surface area contributed by atoms with Gasteiger partial charge in [0.1, 0.15) is 5.75 Å². The molecule has 0 radical (unpaired) electrons. The maximum Gasteiger partial charge on any atom is 0.251 e. The van der Waals surface area contributed by atoms with Crippen molar-refractivity contribution in [1.29, 1.82) is 0 Å². The van der Waals surface area contributed by atoms with Crippen LogP contribution in [-0.4, -0.2) is 31.3 Å². The van der Waals surface area contributed by atoms with Crippen LogP contribution in [0.2, 0.25) is 0 Å².